The van der Waals surface area contributed by atoms with E-state index in [1.807, 2.05) is 24.3 Å². The Bertz CT molecular complexity index is 1430. The smallest absolute Gasteiger partial charge is 0.175 e. The van der Waals surface area contributed by atoms with E-state index < -0.39 is 9.84 Å². The summed E-state index contributed by atoms with van der Waals surface area (Å²) in [6.07, 6.45) is 3.78. The number of thiophene rings is 1. The molecule has 2 N–H and O–H groups in total. The first-order valence-electron chi connectivity index (χ1n) is 10.1. The molecule has 0 spiro atoms. The molecule has 9 heteroatoms. The number of fused-ring (bicyclic) bond motifs is 1. The maximum absolute atomic E-state index is 12.7. The molecular weight excluding hydrogens is 492 g/mol. The lowest BCUT2D eigenvalue weighted by Crippen LogP contribution is -1.99. The van der Waals surface area contributed by atoms with Crippen LogP contribution in [0.15, 0.2) is 65.7 Å². The highest BCUT2D eigenvalue weighted by Crippen LogP contribution is 2.30. The number of nitrogens with two attached hydrogens (primary N) is 1. The van der Waals surface area contributed by atoms with Gasteiger partial charge in [0.05, 0.1) is 19.7 Å². The zero-order valence-corrected chi connectivity index (χ0v) is 20.1. The van der Waals surface area contributed by atoms with Gasteiger partial charge in [0.25, 0.3) is 0 Å². The number of aryl methyl sites for hydroxylation is 1. The Morgan fingerprint density at radius 1 is 1.12 bits per heavy atom. The Morgan fingerprint density at radius 2 is 1.85 bits per heavy atom. The topological polar surface area (TPSA) is 99.4 Å². The van der Waals surface area contributed by atoms with Crippen LogP contribution in [-0.4, -0.2) is 25.4 Å². The van der Waals surface area contributed by atoms with Gasteiger partial charge in [-0.3, -0.25) is 4.79 Å². The van der Waals surface area contributed by atoms with Gasteiger partial charge in [0.15, 0.2) is 15.6 Å². The average Bonchev–Trinajstić information content (AvgIpc) is 3.16. The number of sulfone groups is 1. The molecule has 4 rings (SSSR count). The molecule has 178 valence electrons. The molecule has 0 aliphatic rings. The molecule has 0 bridgehead atoms. The largest absolute Gasteiger partial charge is 0.488 e. The summed E-state index contributed by atoms with van der Waals surface area (Å²) >= 11 is 7.63. The minimum atomic E-state index is -3.26. The van der Waals surface area contributed by atoms with Crippen molar-refractivity contribution in [1.29, 1.82) is 0 Å². The lowest BCUT2D eigenvalue weighted by atomic mass is 10.0. The SMILES string of the molecule is C.CS(=O)(=O)c1ccc(OCc2sc(C(=O)CCc3ccc4c(N)nccc4c3)cc2Cl)cc1. The lowest BCUT2D eigenvalue weighted by Gasteiger charge is -2.06. The first-order chi connectivity index (χ1) is 15.7. The number of nitrogen functional groups attached to an aromatic ring is 1. The summed E-state index contributed by atoms with van der Waals surface area (Å²) in [6.45, 7) is 0.190. The quantitative estimate of drug-likeness (QED) is 0.290. The number of benzene rings is 2. The number of ether oxygens (including phenoxy) is 1. The normalized spacial score (nSPS) is 11.2. The van der Waals surface area contributed by atoms with E-state index in [0.717, 1.165) is 27.5 Å². The van der Waals surface area contributed by atoms with E-state index in [1.54, 1.807) is 24.4 Å². The number of carbonyl (C=O) groups is 1. The Hall–Kier alpha value is -2.94. The number of rotatable bonds is 8. The highest BCUT2D eigenvalue weighted by atomic mass is 35.5. The third kappa shape index (κ3) is 5.94. The van der Waals surface area contributed by atoms with Gasteiger partial charge in [0, 0.05) is 24.3 Å². The second kappa shape index (κ2) is 10.5. The fourth-order valence-corrected chi connectivity index (χ4v) is 5.27. The van der Waals surface area contributed by atoms with E-state index in [0.29, 0.717) is 34.3 Å². The molecule has 0 amide bonds. The number of ketones is 1. The number of hydrogen-bond donors (Lipinski definition) is 1. The number of carbonyl (C=O) groups excluding carboxylic acids is 1. The molecule has 2 aromatic carbocycles. The van der Waals surface area contributed by atoms with Gasteiger partial charge in [0.1, 0.15) is 18.2 Å². The molecule has 4 aromatic rings. The maximum atomic E-state index is 12.7. The van der Waals surface area contributed by atoms with Crippen molar-refractivity contribution in [2.75, 3.05) is 12.0 Å². The van der Waals surface area contributed by atoms with Crippen molar-refractivity contribution in [2.45, 2.75) is 31.8 Å². The zero-order chi connectivity index (χ0) is 23.6. The van der Waals surface area contributed by atoms with E-state index in [2.05, 4.69) is 4.98 Å². The van der Waals surface area contributed by atoms with Crippen molar-refractivity contribution in [3.05, 3.63) is 81.1 Å². The predicted octanol–water partition coefficient (Wildman–Crippen LogP) is 5.97. The van der Waals surface area contributed by atoms with Crippen LogP contribution in [-0.2, 0) is 22.9 Å². The van der Waals surface area contributed by atoms with Crippen LogP contribution >= 0.6 is 22.9 Å². The third-order valence-corrected chi connectivity index (χ3v) is 7.88. The summed E-state index contributed by atoms with van der Waals surface area (Å²) in [5.74, 6) is 1.02. The van der Waals surface area contributed by atoms with Crippen LogP contribution in [0, 0.1) is 0 Å². The van der Waals surface area contributed by atoms with Gasteiger partial charge < -0.3 is 10.5 Å². The molecule has 0 unspecified atom stereocenters. The van der Waals surface area contributed by atoms with E-state index >= 15 is 0 Å². The Labute approximate surface area is 208 Å². The Kier molecular flexibility index (Phi) is 7.97. The molecule has 0 aliphatic carbocycles. The molecule has 2 aromatic heterocycles. The van der Waals surface area contributed by atoms with Gasteiger partial charge >= 0.3 is 0 Å². The van der Waals surface area contributed by atoms with E-state index in [4.69, 9.17) is 22.1 Å². The summed E-state index contributed by atoms with van der Waals surface area (Å²) < 4.78 is 28.8. The fraction of sp³-hybridized carbons (Fsp3) is 0.200. The highest BCUT2D eigenvalue weighted by Gasteiger charge is 2.15. The van der Waals surface area contributed by atoms with E-state index in [1.165, 1.54) is 23.5 Å². The zero-order valence-electron chi connectivity index (χ0n) is 17.7. The number of anilines is 1. The maximum Gasteiger partial charge on any atom is 0.175 e. The first kappa shape index (κ1) is 25.7. The van der Waals surface area contributed by atoms with E-state index in [9.17, 15) is 13.2 Å². The number of pyridine rings is 1. The second-order valence-electron chi connectivity index (χ2n) is 7.59. The number of halogens is 1. The molecule has 0 radical (unpaired) electrons. The molecule has 0 aliphatic heterocycles. The van der Waals surface area contributed by atoms with Crippen LogP contribution in [0.1, 0.15) is 34.0 Å². The van der Waals surface area contributed by atoms with Crippen LogP contribution < -0.4 is 10.5 Å². The van der Waals surface area contributed by atoms with Gasteiger partial charge in [-0.1, -0.05) is 37.2 Å². The molecule has 0 saturated heterocycles. The molecule has 0 atom stereocenters. The Balaban J connectivity index is 0.00000324. The van der Waals surface area contributed by atoms with Crippen molar-refractivity contribution < 1.29 is 17.9 Å². The minimum absolute atomic E-state index is 0. The number of nitrogens with zero attached hydrogens (tertiary/aromatic N) is 1. The predicted molar refractivity (Wildman–Crippen MR) is 139 cm³/mol. The Morgan fingerprint density at radius 3 is 2.56 bits per heavy atom. The van der Waals surface area contributed by atoms with Crippen LogP contribution in [0.4, 0.5) is 5.82 Å². The monoisotopic (exact) mass is 516 g/mol. The minimum Gasteiger partial charge on any atom is -0.488 e. The van der Waals surface area contributed by atoms with Crippen molar-refractivity contribution >= 4 is 55.1 Å². The van der Waals surface area contributed by atoms with Crippen LogP contribution in [0.3, 0.4) is 0 Å². The van der Waals surface area contributed by atoms with Crippen molar-refractivity contribution in [2.24, 2.45) is 0 Å². The summed E-state index contributed by atoms with van der Waals surface area (Å²) in [7, 11) is -3.26. The standard InChI is InChI=1S/C24H21ClN2O4S2.CH4/c1-33(29,30)18-6-4-17(5-7-18)31-14-23-20(25)13-22(32-23)21(28)9-3-15-2-8-19-16(12-15)10-11-27-24(19)26;/h2,4-8,10-13H,3,9,14H2,1H3,(H2,26,27);1H4. The summed E-state index contributed by atoms with van der Waals surface area (Å²) in [6, 6.07) is 15.7. The van der Waals surface area contributed by atoms with Gasteiger partial charge in [-0.25, -0.2) is 13.4 Å². The third-order valence-electron chi connectivity index (χ3n) is 5.15. The number of hydrogen-bond acceptors (Lipinski definition) is 7. The molecule has 2 heterocycles. The summed E-state index contributed by atoms with van der Waals surface area (Å²) in [4.78, 5) is 18.4. The molecule has 6 nitrogen and oxygen atoms in total. The van der Waals surface area contributed by atoms with E-state index in [-0.39, 0.29) is 24.7 Å². The lowest BCUT2D eigenvalue weighted by molar-refractivity contribution is 0.0986. The molecule has 0 fully saturated rings. The first-order valence-corrected chi connectivity index (χ1v) is 13.2. The van der Waals surface area contributed by atoms with Gasteiger partial charge in [-0.2, -0.15) is 0 Å². The molecule has 0 saturated carbocycles. The van der Waals surface area contributed by atoms with Crippen LogP contribution in [0.2, 0.25) is 5.02 Å². The molecule has 34 heavy (non-hydrogen) atoms. The number of Topliss-reactive ketones (excluding diaryl/α,β-unsaturated/α-hetero) is 1. The van der Waals surface area contributed by atoms with Gasteiger partial charge in [-0.15, -0.1) is 11.3 Å². The summed E-state index contributed by atoms with van der Waals surface area (Å²) in [5.41, 5.74) is 6.94. The van der Waals surface area contributed by atoms with Crippen molar-refractivity contribution in [3.63, 3.8) is 0 Å². The van der Waals surface area contributed by atoms with Crippen LogP contribution in [0.25, 0.3) is 10.8 Å². The summed E-state index contributed by atoms with van der Waals surface area (Å²) in [5, 5.41) is 2.37. The van der Waals surface area contributed by atoms with Gasteiger partial charge in [0.2, 0.25) is 0 Å². The molecular formula is C25H25ClN2O4S2. The fourth-order valence-electron chi connectivity index (χ4n) is 3.36. The second-order valence-corrected chi connectivity index (χ2v) is 11.1. The van der Waals surface area contributed by atoms with Crippen molar-refractivity contribution in [1.82, 2.24) is 4.98 Å². The van der Waals surface area contributed by atoms with Crippen LogP contribution in [0.5, 0.6) is 5.75 Å². The highest BCUT2D eigenvalue weighted by molar-refractivity contribution is 7.90. The number of aromatic nitrogens is 1. The average molecular weight is 517 g/mol. The van der Waals surface area contributed by atoms with Crippen molar-refractivity contribution in [3.8, 4) is 5.75 Å². The van der Waals surface area contributed by atoms with Gasteiger partial charge in [-0.05, 0) is 53.8 Å².